The number of carbonyl (C=O) groups is 1. The lowest BCUT2D eigenvalue weighted by molar-refractivity contribution is -0.115. The zero-order valence-electron chi connectivity index (χ0n) is 12.0. The zero-order valence-corrected chi connectivity index (χ0v) is 12.8. The largest absolute Gasteiger partial charge is 0.396 e. The molecule has 112 valence electrons. The molecule has 4 nitrogen and oxygen atoms in total. The van der Waals surface area contributed by atoms with Gasteiger partial charge in [-0.25, -0.2) is 4.39 Å². The Hall–Kier alpha value is -1.43. The second-order valence-corrected chi connectivity index (χ2v) is 6.73. The van der Waals surface area contributed by atoms with Crippen molar-refractivity contribution in [1.29, 1.82) is 0 Å². The predicted molar refractivity (Wildman–Crippen MR) is 81.4 cm³/mol. The van der Waals surface area contributed by atoms with Gasteiger partial charge in [-0.3, -0.25) is 9.00 Å². The van der Waals surface area contributed by atoms with Crippen LogP contribution in [0.15, 0.2) is 18.2 Å². The molecule has 3 unspecified atom stereocenters. The first-order valence-electron chi connectivity index (χ1n) is 6.58. The monoisotopic (exact) mass is 300 g/mol. The molecule has 0 radical (unpaired) electrons. The quantitative estimate of drug-likeness (QED) is 0.793. The normalized spacial score (nSPS) is 15.4. The number of benzene rings is 1. The fourth-order valence-corrected chi connectivity index (χ4v) is 2.91. The highest BCUT2D eigenvalue weighted by molar-refractivity contribution is 7.86. The Labute approximate surface area is 121 Å². The number of halogens is 1. The van der Waals surface area contributed by atoms with Gasteiger partial charge in [-0.15, -0.1) is 0 Å². The topological polar surface area (TPSA) is 72.2 Å². The zero-order chi connectivity index (χ0) is 15.3. The van der Waals surface area contributed by atoms with Crippen LogP contribution >= 0.6 is 0 Å². The Morgan fingerprint density at radius 1 is 1.45 bits per heavy atom. The maximum Gasteiger partial charge on any atom is 0.239 e. The third-order valence-electron chi connectivity index (χ3n) is 3.17. The summed E-state index contributed by atoms with van der Waals surface area (Å²) in [6, 6.07) is 3.96. The molecule has 1 amide bonds. The van der Waals surface area contributed by atoms with Crippen LogP contribution in [-0.2, 0) is 15.6 Å². The third-order valence-corrected chi connectivity index (χ3v) is 5.07. The minimum Gasteiger partial charge on any atom is -0.396 e. The number of hydrogen-bond donors (Lipinski definition) is 2. The molecule has 1 aromatic rings. The van der Waals surface area contributed by atoms with Gasteiger partial charge in [0.25, 0.3) is 0 Å². The summed E-state index contributed by atoms with van der Waals surface area (Å²) < 4.78 is 25.0. The van der Waals surface area contributed by atoms with Crippen molar-refractivity contribution in [2.45, 2.75) is 32.4 Å². The molecule has 3 atom stereocenters. The molecule has 0 aliphatic heterocycles. The second kappa shape index (κ2) is 7.38. The highest BCUT2D eigenvalue weighted by atomic mass is 32.2. The van der Waals surface area contributed by atoms with Gasteiger partial charge in [-0.2, -0.15) is 0 Å². The lowest BCUT2D eigenvalue weighted by Gasteiger charge is -2.15. The van der Waals surface area contributed by atoms with Gasteiger partial charge in [0, 0.05) is 22.2 Å². The molecule has 0 heterocycles. The van der Waals surface area contributed by atoms with Gasteiger partial charge >= 0.3 is 0 Å². The van der Waals surface area contributed by atoms with E-state index in [1.165, 1.54) is 18.2 Å². The van der Waals surface area contributed by atoms with Crippen LogP contribution in [-0.4, -0.2) is 21.1 Å². The van der Waals surface area contributed by atoms with E-state index >= 15 is 0 Å². The molecular weight excluding hydrogens is 279 g/mol. The summed E-state index contributed by atoms with van der Waals surface area (Å²) in [5.74, 6) is -0.0713. The maximum absolute atomic E-state index is 13.0. The Balaban J connectivity index is 2.65. The molecule has 1 rings (SSSR count). The SMILES string of the molecule is CCC(C)CS(=O)C(C)C(=O)Nc1ccc(F)c(N)c1. The molecule has 0 saturated heterocycles. The van der Waals surface area contributed by atoms with E-state index in [2.05, 4.69) is 5.32 Å². The van der Waals surface area contributed by atoms with Crippen molar-refractivity contribution in [3.8, 4) is 0 Å². The van der Waals surface area contributed by atoms with E-state index in [9.17, 15) is 13.4 Å². The fourth-order valence-electron chi connectivity index (χ4n) is 1.53. The molecule has 0 aromatic heterocycles. The van der Waals surface area contributed by atoms with Gasteiger partial charge < -0.3 is 11.1 Å². The highest BCUT2D eigenvalue weighted by Crippen LogP contribution is 2.17. The lowest BCUT2D eigenvalue weighted by Crippen LogP contribution is -2.31. The van der Waals surface area contributed by atoms with Crippen LogP contribution in [0.2, 0.25) is 0 Å². The van der Waals surface area contributed by atoms with Gasteiger partial charge in [0.05, 0.1) is 5.69 Å². The number of anilines is 2. The summed E-state index contributed by atoms with van der Waals surface area (Å²) in [5, 5.41) is 1.99. The van der Waals surface area contributed by atoms with Gasteiger partial charge in [0.15, 0.2) is 0 Å². The maximum atomic E-state index is 13.0. The predicted octanol–water partition coefficient (Wildman–Crippen LogP) is 2.53. The van der Waals surface area contributed by atoms with Crippen LogP contribution in [0.3, 0.4) is 0 Å². The molecule has 0 aliphatic rings. The number of carbonyl (C=O) groups excluding carboxylic acids is 1. The smallest absolute Gasteiger partial charge is 0.239 e. The van der Waals surface area contributed by atoms with E-state index in [0.717, 1.165) is 6.42 Å². The van der Waals surface area contributed by atoms with Crippen molar-refractivity contribution in [3.05, 3.63) is 24.0 Å². The van der Waals surface area contributed by atoms with E-state index in [1.807, 2.05) is 13.8 Å². The summed E-state index contributed by atoms with van der Waals surface area (Å²) in [6.45, 7) is 5.65. The van der Waals surface area contributed by atoms with Gasteiger partial charge in [-0.05, 0) is 31.0 Å². The van der Waals surface area contributed by atoms with E-state index in [0.29, 0.717) is 17.4 Å². The second-order valence-electron chi connectivity index (χ2n) is 4.93. The number of hydrogen-bond acceptors (Lipinski definition) is 3. The minimum absolute atomic E-state index is 0.0313. The summed E-state index contributed by atoms with van der Waals surface area (Å²) in [4.78, 5) is 12.0. The Kier molecular flexibility index (Phi) is 6.13. The summed E-state index contributed by atoms with van der Waals surface area (Å²) in [5.41, 5.74) is 5.80. The molecule has 3 N–H and O–H groups in total. The average Bonchev–Trinajstić information content (AvgIpc) is 2.41. The van der Waals surface area contributed by atoms with Crippen LogP contribution in [0.25, 0.3) is 0 Å². The number of nitrogens with one attached hydrogen (secondary N) is 1. The standard InChI is InChI=1S/C14H21FN2O2S/c1-4-9(2)8-20(19)10(3)14(18)17-11-5-6-12(15)13(16)7-11/h5-7,9-10H,4,8,16H2,1-3H3,(H,17,18). The molecule has 0 fully saturated rings. The molecule has 20 heavy (non-hydrogen) atoms. The number of nitrogens with two attached hydrogens (primary N) is 1. The first-order chi connectivity index (χ1) is 9.35. The Morgan fingerprint density at radius 2 is 2.10 bits per heavy atom. The van der Waals surface area contributed by atoms with E-state index in [4.69, 9.17) is 5.73 Å². The van der Waals surface area contributed by atoms with E-state index < -0.39 is 21.9 Å². The van der Waals surface area contributed by atoms with Gasteiger partial charge in [0.1, 0.15) is 11.1 Å². The summed E-state index contributed by atoms with van der Waals surface area (Å²) >= 11 is 0. The molecule has 1 aromatic carbocycles. The molecule has 0 bridgehead atoms. The van der Waals surface area contributed by atoms with Crippen molar-refractivity contribution in [2.24, 2.45) is 5.92 Å². The lowest BCUT2D eigenvalue weighted by atomic mass is 10.2. The van der Waals surface area contributed by atoms with Crippen molar-refractivity contribution >= 4 is 28.1 Å². The van der Waals surface area contributed by atoms with Crippen LogP contribution in [0.4, 0.5) is 15.8 Å². The minimum atomic E-state index is -1.23. The van der Waals surface area contributed by atoms with Crippen LogP contribution in [0.1, 0.15) is 27.2 Å². The molecule has 0 spiro atoms. The highest BCUT2D eigenvalue weighted by Gasteiger charge is 2.21. The summed E-state index contributed by atoms with van der Waals surface area (Å²) in [6.07, 6.45) is 0.925. The first-order valence-corrected chi connectivity index (χ1v) is 7.96. The molecule has 0 aliphatic carbocycles. The van der Waals surface area contributed by atoms with Crippen LogP contribution < -0.4 is 11.1 Å². The van der Waals surface area contributed by atoms with Crippen LogP contribution in [0.5, 0.6) is 0 Å². The van der Waals surface area contributed by atoms with Crippen molar-refractivity contribution < 1.29 is 13.4 Å². The third kappa shape index (κ3) is 4.59. The van der Waals surface area contributed by atoms with Crippen molar-refractivity contribution in [2.75, 3.05) is 16.8 Å². The summed E-state index contributed by atoms with van der Waals surface area (Å²) in [7, 11) is -1.23. The van der Waals surface area contributed by atoms with E-state index in [-0.39, 0.29) is 11.6 Å². The van der Waals surface area contributed by atoms with Crippen molar-refractivity contribution in [3.63, 3.8) is 0 Å². The molecular formula is C14H21FN2O2S. The Morgan fingerprint density at radius 3 is 2.65 bits per heavy atom. The van der Waals surface area contributed by atoms with Crippen molar-refractivity contribution in [1.82, 2.24) is 0 Å². The molecule has 0 saturated carbocycles. The van der Waals surface area contributed by atoms with E-state index in [1.54, 1.807) is 6.92 Å². The van der Waals surface area contributed by atoms with Gasteiger partial charge in [0.2, 0.25) is 5.91 Å². The number of nitrogen functional groups attached to an aromatic ring is 1. The fraction of sp³-hybridized carbons (Fsp3) is 0.500. The number of amides is 1. The molecule has 6 heteroatoms. The van der Waals surface area contributed by atoms with Crippen LogP contribution in [0, 0.1) is 11.7 Å². The van der Waals surface area contributed by atoms with Gasteiger partial charge in [-0.1, -0.05) is 20.3 Å². The number of rotatable bonds is 6. The average molecular weight is 300 g/mol. The first kappa shape index (κ1) is 16.6. The Bertz CT molecular complexity index is 508.